The van der Waals surface area contributed by atoms with E-state index >= 15 is 0 Å². The minimum absolute atomic E-state index is 0.572. The van der Waals surface area contributed by atoms with Crippen molar-refractivity contribution in [3.8, 4) is 124 Å². The van der Waals surface area contributed by atoms with E-state index in [0.717, 1.165) is 111 Å². The third kappa shape index (κ3) is 12.9. The molecule has 10 nitrogen and oxygen atoms in total. The van der Waals surface area contributed by atoms with Crippen LogP contribution in [0.4, 0.5) is 0 Å². The zero-order valence-corrected chi connectivity index (χ0v) is 68.2. The molecule has 0 radical (unpaired) electrons. The number of fused-ring (bicyclic) bond motifs is 14. The van der Waals surface area contributed by atoms with Gasteiger partial charge >= 0.3 is 0 Å². The van der Waals surface area contributed by atoms with Crippen molar-refractivity contribution < 1.29 is 0 Å². The van der Waals surface area contributed by atoms with Crippen molar-refractivity contribution >= 4 is 109 Å². The SMILES string of the molecule is c1ccc(-c2ccc(-n3c4ccccc4c4cc(-c5ccc6c(c5)c5ccccc5n6-c5nc(-c6ccccc6)nc(-c6ccc(-c7ccc8ccccc8c7)cc6)n5)ccc43)cc2)cc1.c1ccc(-c2nc(-c3ccc(-c4ccc5ccccc5c4)cc3)nc(-n3c4ccccc4c4cc(-c5ccc6c(c5)c5ccccc5n6-c5ccccc5)ccc43)n2)cc1. The van der Waals surface area contributed by atoms with Gasteiger partial charge < -0.3 is 9.13 Å². The standard InChI is InChI=1S/C61H39N5.C55H35N5/c1-3-13-40(14-4-1)42-29-33-50(34-30-42)65-55-21-11-9-19-51(55)53-38-48(31-35-57(53)65)49-32-36-58-54(39-49)52-20-10-12-22-56(52)66(58)61-63-59(44-16-5-2-6-17-44)62-60(64-61)45-26-23-43(24-27-45)47-28-25-41-15-7-8-18-46(41)37-47;1-3-14-38(15-4-1)53-56-54(39-26-23-37(24-27-39)41-28-25-36-13-7-8-16-40(36)33-41)58-55(57-53)60-50-22-12-10-20-46(50)48-35-43(30-32-52(48)60)42-29-31-51-47(34-42)45-19-9-11-21-49(45)59(51)44-17-5-2-6-18-44/h1-39H;1-35H. The fourth-order valence-electron chi connectivity index (χ4n) is 18.6. The summed E-state index contributed by atoms with van der Waals surface area (Å²) in [4.78, 5) is 31.0. The molecule has 10 heteroatoms. The molecule has 588 valence electrons. The molecule has 0 unspecified atom stereocenters. The average molecular weight is 1610 g/mol. The van der Waals surface area contributed by atoms with Crippen LogP contribution in [0.2, 0.25) is 0 Å². The van der Waals surface area contributed by atoms with Gasteiger partial charge in [-0.1, -0.05) is 340 Å². The summed E-state index contributed by atoms with van der Waals surface area (Å²) in [6.07, 6.45) is 0. The third-order valence-electron chi connectivity index (χ3n) is 24.8. The van der Waals surface area contributed by atoms with Crippen molar-refractivity contribution in [3.05, 3.63) is 449 Å². The van der Waals surface area contributed by atoms with E-state index < -0.39 is 0 Å². The van der Waals surface area contributed by atoms with Gasteiger partial charge in [-0.2, -0.15) is 19.9 Å². The highest BCUT2D eigenvalue weighted by atomic mass is 15.2. The maximum Gasteiger partial charge on any atom is 0.238 e. The first kappa shape index (κ1) is 72.9. The van der Waals surface area contributed by atoms with Gasteiger partial charge in [-0.15, -0.1) is 0 Å². The molecule has 6 aromatic heterocycles. The number of benzene rings is 19. The average Bonchev–Trinajstić information content (AvgIpc) is 1.59. The van der Waals surface area contributed by atoms with Crippen LogP contribution in [0, 0.1) is 0 Å². The minimum atomic E-state index is 0.572. The molecule has 25 rings (SSSR count). The van der Waals surface area contributed by atoms with Gasteiger partial charge in [-0.25, -0.2) is 9.97 Å². The number of nitrogens with zero attached hydrogens (tertiary/aromatic N) is 10. The largest absolute Gasteiger partial charge is 0.309 e. The van der Waals surface area contributed by atoms with Gasteiger partial charge in [0.2, 0.25) is 11.9 Å². The van der Waals surface area contributed by atoms with Crippen molar-refractivity contribution in [2.45, 2.75) is 0 Å². The molecule has 6 heterocycles. The molecule has 0 saturated carbocycles. The van der Waals surface area contributed by atoms with Crippen LogP contribution in [-0.4, -0.2) is 48.2 Å². The maximum atomic E-state index is 5.24. The van der Waals surface area contributed by atoms with Crippen LogP contribution >= 0.6 is 0 Å². The molecule has 0 aliphatic carbocycles. The van der Waals surface area contributed by atoms with Crippen LogP contribution in [0.25, 0.3) is 233 Å². The molecule has 0 bridgehead atoms. The third-order valence-corrected chi connectivity index (χ3v) is 24.8. The summed E-state index contributed by atoms with van der Waals surface area (Å²) in [6, 6.07) is 159. The second-order valence-corrected chi connectivity index (χ2v) is 32.2. The van der Waals surface area contributed by atoms with E-state index in [9.17, 15) is 0 Å². The van der Waals surface area contributed by atoms with Gasteiger partial charge in [-0.3, -0.25) is 9.13 Å². The van der Waals surface area contributed by atoms with Crippen LogP contribution in [0.1, 0.15) is 0 Å². The first-order valence-corrected chi connectivity index (χ1v) is 42.6. The zero-order valence-electron chi connectivity index (χ0n) is 68.2. The Bertz CT molecular complexity index is 8550. The first-order chi connectivity index (χ1) is 62.4. The van der Waals surface area contributed by atoms with Crippen molar-refractivity contribution in [3.63, 3.8) is 0 Å². The summed E-state index contributed by atoms with van der Waals surface area (Å²) in [5.41, 5.74) is 26.5. The van der Waals surface area contributed by atoms with Gasteiger partial charge in [-0.05, 0) is 186 Å². The monoisotopic (exact) mass is 1610 g/mol. The Kier molecular flexibility index (Phi) is 17.7. The molecular formula is C116H74N10. The Balaban J connectivity index is 0.000000142. The molecule has 126 heavy (non-hydrogen) atoms. The predicted octanol–water partition coefficient (Wildman–Crippen LogP) is 29.4. The van der Waals surface area contributed by atoms with Gasteiger partial charge in [0.15, 0.2) is 23.3 Å². The highest BCUT2D eigenvalue weighted by Crippen LogP contribution is 2.43. The topological polar surface area (TPSA) is 97.1 Å². The Morgan fingerprint density at radius 3 is 0.714 bits per heavy atom. The van der Waals surface area contributed by atoms with E-state index in [2.05, 4.69) is 431 Å². The number of hydrogen-bond donors (Lipinski definition) is 0. The van der Waals surface area contributed by atoms with E-state index in [0.29, 0.717) is 35.2 Å². The highest BCUT2D eigenvalue weighted by Gasteiger charge is 2.24. The lowest BCUT2D eigenvalue weighted by molar-refractivity contribution is 0.953. The lowest BCUT2D eigenvalue weighted by Gasteiger charge is -2.12. The lowest BCUT2D eigenvalue weighted by Crippen LogP contribution is -2.06. The Morgan fingerprint density at radius 1 is 0.127 bits per heavy atom. The van der Waals surface area contributed by atoms with E-state index in [1.54, 1.807) is 0 Å². The number of rotatable bonds is 13. The van der Waals surface area contributed by atoms with E-state index in [4.69, 9.17) is 29.9 Å². The Morgan fingerprint density at radius 2 is 0.349 bits per heavy atom. The first-order valence-electron chi connectivity index (χ1n) is 42.6. The molecule has 0 spiro atoms. The van der Waals surface area contributed by atoms with Crippen molar-refractivity contribution in [1.82, 2.24) is 48.2 Å². The summed E-state index contributed by atoms with van der Waals surface area (Å²) >= 11 is 0. The summed E-state index contributed by atoms with van der Waals surface area (Å²) in [5, 5.41) is 14.3. The molecule has 0 atom stereocenters. The van der Waals surface area contributed by atoms with Crippen LogP contribution in [0.3, 0.4) is 0 Å². The van der Waals surface area contributed by atoms with Crippen molar-refractivity contribution in [2.24, 2.45) is 0 Å². The van der Waals surface area contributed by atoms with Crippen molar-refractivity contribution in [1.29, 1.82) is 0 Å². The summed E-state index contributed by atoms with van der Waals surface area (Å²) < 4.78 is 9.12. The summed E-state index contributed by atoms with van der Waals surface area (Å²) in [5.74, 6) is 3.63. The van der Waals surface area contributed by atoms with E-state index in [1.807, 2.05) is 36.4 Å². The molecule has 0 aliphatic rings. The molecule has 25 aromatic rings. The fraction of sp³-hybridized carbons (Fsp3) is 0. The second kappa shape index (κ2) is 30.6. The van der Waals surface area contributed by atoms with Crippen LogP contribution in [0.5, 0.6) is 0 Å². The molecule has 0 amide bonds. The van der Waals surface area contributed by atoms with Gasteiger partial charge in [0.05, 0.1) is 44.1 Å². The smallest absolute Gasteiger partial charge is 0.238 e. The Labute approximate surface area is 725 Å². The second-order valence-electron chi connectivity index (χ2n) is 32.2. The van der Waals surface area contributed by atoms with Crippen LogP contribution in [0.15, 0.2) is 449 Å². The molecule has 0 N–H and O–H groups in total. The van der Waals surface area contributed by atoms with Gasteiger partial charge in [0.25, 0.3) is 0 Å². The number of aromatic nitrogens is 10. The zero-order chi connectivity index (χ0) is 83.1. The molecule has 0 aliphatic heterocycles. The maximum absolute atomic E-state index is 5.24. The van der Waals surface area contributed by atoms with E-state index in [1.165, 1.54) is 87.4 Å². The number of hydrogen-bond acceptors (Lipinski definition) is 6. The predicted molar refractivity (Wildman–Crippen MR) is 521 cm³/mol. The molecular weight excluding hydrogens is 1530 g/mol. The quantitative estimate of drug-likeness (QED) is 0.114. The van der Waals surface area contributed by atoms with Gasteiger partial charge in [0.1, 0.15) is 0 Å². The summed E-state index contributed by atoms with van der Waals surface area (Å²) in [6.45, 7) is 0. The normalized spacial score (nSPS) is 11.7. The number of para-hydroxylation sites is 5. The minimum Gasteiger partial charge on any atom is -0.309 e. The van der Waals surface area contributed by atoms with Crippen LogP contribution in [-0.2, 0) is 0 Å². The lowest BCUT2D eigenvalue weighted by atomic mass is 10.0. The summed E-state index contributed by atoms with van der Waals surface area (Å²) in [7, 11) is 0. The van der Waals surface area contributed by atoms with E-state index in [-0.39, 0.29) is 0 Å². The fourth-order valence-corrected chi connectivity index (χ4v) is 18.6. The highest BCUT2D eigenvalue weighted by molar-refractivity contribution is 6.15. The molecule has 0 fully saturated rings. The van der Waals surface area contributed by atoms with Gasteiger partial charge in [0, 0.05) is 76.7 Å². The molecule has 19 aromatic carbocycles. The van der Waals surface area contributed by atoms with Crippen LogP contribution < -0.4 is 0 Å². The Hall–Kier alpha value is -17.1. The van der Waals surface area contributed by atoms with Crippen molar-refractivity contribution in [2.75, 3.05) is 0 Å². The molecule has 0 saturated heterocycles.